The molecule has 0 atom stereocenters. The molecule has 0 spiro atoms. The summed E-state index contributed by atoms with van der Waals surface area (Å²) in [7, 11) is 0. The minimum absolute atomic E-state index is 0.0328. The molecule has 0 fully saturated rings. The first kappa shape index (κ1) is 16.5. The number of thioether (sulfide) groups is 1. The lowest BCUT2D eigenvalue weighted by Crippen LogP contribution is -2.29. The summed E-state index contributed by atoms with van der Waals surface area (Å²) in [5.41, 5.74) is 1.44. The van der Waals surface area contributed by atoms with Gasteiger partial charge in [0.05, 0.1) is 5.69 Å². The molecule has 3 aromatic rings. The normalized spacial score (nSPS) is 12.8. The molecule has 126 valence electrons. The summed E-state index contributed by atoms with van der Waals surface area (Å²) in [6.45, 7) is 0.581. The van der Waals surface area contributed by atoms with E-state index in [1.54, 1.807) is 0 Å². The number of anilines is 1. The Morgan fingerprint density at radius 1 is 1.36 bits per heavy atom. The van der Waals surface area contributed by atoms with Gasteiger partial charge in [-0.2, -0.15) is 0 Å². The molecule has 1 aliphatic heterocycles. The first-order valence-corrected chi connectivity index (χ1v) is 10.0. The fraction of sp³-hybridized carbons (Fsp3) is 0.125. The molecule has 1 aromatic carbocycles. The number of thiazole rings is 1. The lowest BCUT2D eigenvalue weighted by atomic mass is 10.2. The van der Waals surface area contributed by atoms with Crippen LogP contribution in [0.2, 0.25) is 0 Å². The number of halogens is 1. The predicted octanol–water partition coefficient (Wildman–Crippen LogP) is 3.49. The van der Waals surface area contributed by atoms with Gasteiger partial charge in [0, 0.05) is 33.9 Å². The molecule has 9 heteroatoms. The minimum Gasteiger partial charge on any atom is -0.298 e. The number of hydrogen-bond donors (Lipinski definition) is 1. The zero-order chi connectivity index (χ0) is 17.4. The molecule has 0 aliphatic carbocycles. The van der Waals surface area contributed by atoms with Crippen LogP contribution in [0.5, 0.6) is 0 Å². The van der Waals surface area contributed by atoms with Crippen molar-refractivity contribution in [2.75, 3.05) is 11.1 Å². The second-order valence-electron chi connectivity index (χ2n) is 5.26. The molecule has 1 N–H and O–H groups in total. The third-order valence-electron chi connectivity index (χ3n) is 3.65. The topological polar surface area (TPSA) is 76.9 Å². The number of amides is 1. The second kappa shape index (κ2) is 6.74. The molecule has 4 rings (SSSR count). The van der Waals surface area contributed by atoms with E-state index in [9.17, 15) is 9.59 Å². The van der Waals surface area contributed by atoms with Crippen molar-refractivity contribution in [2.45, 2.75) is 11.7 Å². The smallest absolute Gasteiger partial charge is 0.267 e. The molecular formula is C16H11BrN4O2S2. The third kappa shape index (κ3) is 3.26. The maximum absolute atomic E-state index is 12.4. The van der Waals surface area contributed by atoms with E-state index < -0.39 is 5.91 Å². The summed E-state index contributed by atoms with van der Waals surface area (Å²) in [6, 6.07) is 7.76. The van der Waals surface area contributed by atoms with Gasteiger partial charge in [0.2, 0.25) is 0 Å². The van der Waals surface area contributed by atoms with Crippen molar-refractivity contribution in [3.8, 4) is 11.3 Å². The highest BCUT2D eigenvalue weighted by Gasteiger charge is 2.20. The molecule has 0 saturated carbocycles. The fourth-order valence-corrected chi connectivity index (χ4v) is 4.48. The van der Waals surface area contributed by atoms with E-state index in [-0.39, 0.29) is 11.1 Å². The van der Waals surface area contributed by atoms with Crippen molar-refractivity contribution in [3.63, 3.8) is 0 Å². The van der Waals surface area contributed by atoms with Crippen LogP contribution in [0.1, 0.15) is 10.4 Å². The number of nitrogens with zero attached hydrogens (tertiary/aromatic N) is 3. The van der Waals surface area contributed by atoms with E-state index in [0.29, 0.717) is 16.8 Å². The Balaban J connectivity index is 1.57. The zero-order valence-electron chi connectivity index (χ0n) is 12.7. The molecule has 0 bridgehead atoms. The van der Waals surface area contributed by atoms with Crippen molar-refractivity contribution in [1.29, 1.82) is 0 Å². The first-order chi connectivity index (χ1) is 12.1. The van der Waals surface area contributed by atoms with Crippen molar-refractivity contribution in [3.05, 3.63) is 56.2 Å². The maximum atomic E-state index is 12.4. The molecule has 3 heterocycles. The van der Waals surface area contributed by atoms with E-state index >= 15 is 0 Å². The lowest BCUT2D eigenvalue weighted by molar-refractivity contribution is 0.102. The quantitative estimate of drug-likeness (QED) is 0.638. The summed E-state index contributed by atoms with van der Waals surface area (Å²) >= 11 is 6.26. The van der Waals surface area contributed by atoms with Crippen molar-refractivity contribution >= 4 is 50.1 Å². The van der Waals surface area contributed by atoms with Crippen LogP contribution in [0, 0.1) is 0 Å². The summed E-state index contributed by atoms with van der Waals surface area (Å²) < 4.78 is 2.49. The van der Waals surface area contributed by atoms with Gasteiger partial charge in [0.25, 0.3) is 11.5 Å². The number of carbonyl (C=O) groups is 1. The lowest BCUT2D eigenvalue weighted by Gasteiger charge is -2.04. The van der Waals surface area contributed by atoms with Crippen LogP contribution in [0.25, 0.3) is 11.3 Å². The second-order valence-corrected chi connectivity index (χ2v) is 8.10. The largest absolute Gasteiger partial charge is 0.298 e. The number of fused-ring (bicyclic) bond motifs is 1. The Bertz CT molecular complexity index is 1030. The van der Waals surface area contributed by atoms with Crippen molar-refractivity contribution in [2.24, 2.45) is 0 Å². The molecule has 6 nitrogen and oxygen atoms in total. The Labute approximate surface area is 159 Å². The van der Waals surface area contributed by atoms with Crippen LogP contribution in [-0.4, -0.2) is 26.2 Å². The SMILES string of the molecule is O=C(Nc1nc(-c2cccc(Br)c2)cs1)c1cnc2n(c1=O)CCS2. The summed E-state index contributed by atoms with van der Waals surface area (Å²) in [4.78, 5) is 33.4. The predicted molar refractivity (Wildman–Crippen MR) is 102 cm³/mol. The number of benzene rings is 1. The molecule has 0 unspecified atom stereocenters. The van der Waals surface area contributed by atoms with Crippen LogP contribution < -0.4 is 10.9 Å². The number of aromatic nitrogens is 3. The van der Waals surface area contributed by atoms with Crippen molar-refractivity contribution < 1.29 is 4.79 Å². The summed E-state index contributed by atoms with van der Waals surface area (Å²) in [5, 5.41) is 5.66. The molecule has 2 aromatic heterocycles. The van der Waals surface area contributed by atoms with E-state index in [1.807, 2.05) is 29.6 Å². The summed E-state index contributed by atoms with van der Waals surface area (Å²) in [6.07, 6.45) is 1.34. The third-order valence-corrected chi connectivity index (χ3v) is 5.87. The average molecular weight is 435 g/mol. The maximum Gasteiger partial charge on any atom is 0.267 e. The first-order valence-electron chi connectivity index (χ1n) is 7.37. The van der Waals surface area contributed by atoms with Gasteiger partial charge in [-0.1, -0.05) is 39.8 Å². The van der Waals surface area contributed by atoms with E-state index in [2.05, 4.69) is 31.2 Å². The molecule has 1 amide bonds. The van der Waals surface area contributed by atoms with Gasteiger partial charge in [-0.05, 0) is 12.1 Å². The highest BCUT2D eigenvalue weighted by atomic mass is 79.9. The van der Waals surface area contributed by atoms with E-state index in [0.717, 1.165) is 21.5 Å². The standard InChI is InChI=1S/C16H11BrN4O2S2/c17-10-3-1-2-9(6-10)12-8-25-15(19-12)20-13(22)11-7-18-16-21(14(11)23)4-5-24-16/h1-3,6-8H,4-5H2,(H,19,20,22). The van der Waals surface area contributed by atoms with E-state index in [4.69, 9.17) is 0 Å². The van der Waals surface area contributed by atoms with Crippen LogP contribution in [-0.2, 0) is 6.54 Å². The highest BCUT2D eigenvalue weighted by molar-refractivity contribution is 9.10. The Kier molecular flexibility index (Phi) is 4.45. The van der Waals surface area contributed by atoms with E-state index in [1.165, 1.54) is 33.9 Å². The van der Waals surface area contributed by atoms with Crippen LogP contribution in [0.4, 0.5) is 5.13 Å². The molecule has 1 aliphatic rings. The van der Waals surface area contributed by atoms with Gasteiger partial charge < -0.3 is 0 Å². The Hall–Kier alpha value is -1.97. The van der Waals surface area contributed by atoms with Crippen molar-refractivity contribution in [1.82, 2.24) is 14.5 Å². The van der Waals surface area contributed by atoms with Gasteiger partial charge in [-0.15, -0.1) is 11.3 Å². The average Bonchev–Trinajstić information content (AvgIpc) is 3.24. The molecule has 0 saturated heterocycles. The Morgan fingerprint density at radius 2 is 2.24 bits per heavy atom. The number of rotatable bonds is 3. The fourth-order valence-electron chi connectivity index (χ4n) is 2.45. The number of carbonyl (C=O) groups excluding carboxylic acids is 1. The highest BCUT2D eigenvalue weighted by Crippen LogP contribution is 2.27. The number of nitrogens with one attached hydrogen (secondary N) is 1. The number of hydrogen-bond acceptors (Lipinski definition) is 6. The van der Waals surface area contributed by atoms with Crippen LogP contribution in [0.15, 0.2) is 50.3 Å². The molecular weight excluding hydrogens is 424 g/mol. The molecule has 0 radical (unpaired) electrons. The Morgan fingerprint density at radius 3 is 3.08 bits per heavy atom. The van der Waals surface area contributed by atoms with Gasteiger partial charge >= 0.3 is 0 Å². The van der Waals surface area contributed by atoms with Gasteiger partial charge in [-0.3, -0.25) is 19.5 Å². The van der Waals surface area contributed by atoms with Crippen LogP contribution in [0.3, 0.4) is 0 Å². The minimum atomic E-state index is -0.486. The van der Waals surface area contributed by atoms with Gasteiger partial charge in [-0.25, -0.2) is 9.97 Å². The van der Waals surface area contributed by atoms with Gasteiger partial charge in [0.15, 0.2) is 10.3 Å². The monoisotopic (exact) mass is 434 g/mol. The van der Waals surface area contributed by atoms with Crippen LogP contribution >= 0.6 is 39.0 Å². The zero-order valence-corrected chi connectivity index (χ0v) is 15.9. The molecule has 25 heavy (non-hydrogen) atoms. The summed E-state index contributed by atoms with van der Waals surface area (Å²) in [5.74, 6) is 0.315. The van der Waals surface area contributed by atoms with Gasteiger partial charge in [0.1, 0.15) is 5.56 Å².